The molecule has 0 radical (unpaired) electrons. The second kappa shape index (κ2) is 6.63. The molecule has 0 unspecified atom stereocenters. The molecule has 4 N–H and O–H groups in total. The topological polar surface area (TPSA) is 139 Å². The number of nitrogens with two attached hydrogens (primary N) is 1. The summed E-state index contributed by atoms with van der Waals surface area (Å²) < 4.78 is 3.94. The molecule has 3 heterocycles. The van der Waals surface area contributed by atoms with E-state index in [9.17, 15) is 4.79 Å². The summed E-state index contributed by atoms with van der Waals surface area (Å²) in [6.45, 7) is 6.27. The third kappa shape index (κ3) is 3.41. The minimum absolute atomic E-state index is 0.155. The van der Waals surface area contributed by atoms with Gasteiger partial charge in [-0.3, -0.25) is 19.9 Å². The van der Waals surface area contributed by atoms with Gasteiger partial charge in [-0.25, -0.2) is 9.51 Å². The van der Waals surface area contributed by atoms with E-state index in [1.165, 1.54) is 13.2 Å². The van der Waals surface area contributed by atoms with Gasteiger partial charge in [0, 0.05) is 19.3 Å². The van der Waals surface area contributed by atoms with Crippen LogP contribution >= 0.6 is 0 Å². The normalized spacial score (nSPS) is 12.4. The maximum Gasteiger partial charge on any atom is 0.272 e. The number of aromatic nitrogens is 5. The lowest BCUT2D eigenvalue weighted by molar-refractivity contribution is -0.114. The highest BCUT2D eigenvalue weighted by Crippen LogP contribution is 2.23. The van der Waals surface area contributed by atoms with Crippen LogP contribution in [0.5, 0.6) is 0 Å². The molecule has 0 aliphatic rings. The summed E-state index contributed by atoms with van der Waals surface area (Å²) in [6.07, 6.45) is 3.46. The van der Waals surface area contributed by atoms with Gasteiger partial charge in [0.1, 0.15) is 5.69 Å². The van der Waals surface area contributed by atoms with Gasteiger partial charge in [-0.15, -0.1) is 10.2 Å². The lowest BCUT2D eigenvalue weighted by Crippen LogP contribution is -2.36. The molecule has 0 bridgehead atoms. The smallest absolute Gasteiger partial charge is 0.272 e. The largest absolute Gasteiger partial charge is 0.382 e. The molecule has 0 saturated heterocycles. The SMILES string of the molecule is CNC(=O)C(=N)C(N)=Nc1ccc(-c2nnc3ccn(C(C)(C)C)n23)nc1. The number of rotatable bonds is 4. The summed E-state index contributed by atoms with van der Waals surface area (Å²) in [4.78, 5) is 19.9. The van der Waals surface area contributed by atoms with Crippen LogP contribution in [0.4, 0.5) is 5.69 Å². The van der Waals surface area contributed by atoms with Crippen LogP contribution in [0.3, 0.4) is 0 Å². The van der Waals surface area contributed by atoms with Crippen molar-refractivity contribution >= 4 is 28.8 Å². The fraction of sp³-hybridized carbons (Fsp3) is 0.294. The number of hydrogen-bond acceptors (Lipinski definition) is 6. The molecule has 0 atom stereocenters. The summed E-state index contributed by atoms with van der Waals surface area (Å²) >= 11 is 0. The lowest BCUT2D eigenvalue weighted by atomic mass is 10.1. The van der Waals surface area contributed by atoms with Crippen LogP contribution in [0.25, 0.3) is 17.2 Å². The molecular weight excluding hydrogens is 346 g/mol. The Labute approximate surface area is 155 Å². The highest BCUT2D eigenvalue weighted by molar-refractivity contribution is 6.65. The van der Waals surface area contributed by atoms with E-state index in [1.807, 2.05) is 21.5 Å². The van der Waals surface area contributed by atoms with Crippen LogP contribution in [0.2, 0.25) is 0 Å². The maximum absolute atomic E-state index is 11.4. The van der Waals surface area contributed by atoms with Gasteiger partial charge in [-0.05, 0) is 32.9 Å². The van der Waals surface area contributed by atoms with Gasteiger partial charge in [0.15, 0.2) is 17.2 Å². The number of aliphatic imine (C=N–C) groups is 1. The van der Waals surface area contributed by atoms with Crippen molar-refractivity contribution in [2.75, 3.05) is 7.05 Å². The molecular formula is C17H21N9O. The van der Waals surface area contributed by atoms with E-state index < -0.39 is 11.6 Å². The Bertz CT molecular complexity index is 1030. The molecule has 27 heavy (non-hydrogen) atoms. The molecule has 0 spiro atoms. The number of carbonyl (C=O) groups excluding carboxylic acids is 1. The summed E-state index contributed by atoms with van der Waals surface area (Å²) in [5.41, 5.74) is 6.91. The van der Waals surface area contributed by atoms with Crippen LogP contribution in [0.15, 0.2) is 35.6 Å². The van der Waals surface area contributed by atoms with Crippen LogP contribution in [-0.4, -0.2) is 48.9 Å². The summed E-state index contributed by atoms with van der Waals surface area (Å²) in [6, 6.07) is 5.33. The summed E-state index contributed by atoms with van der Waals surface area (Å²) in [7, 11) is 1.42. The van der Waals surface area contributed by atoms with Crippen molar-refractivity contribution in [2.45, 2.75) is 26.3 Å². The zero-order valence-corrected chi connectivity index (χ0v) is 15.6. The van der Waals surface area contributed by atoms with Crippen molar-refractivity contribution in [3.8, 4) is 11.5 Å². The predicted molar refractivity (Wildman–Crippen MR) is 102 cm³/mol. The molecule has 3 rings (SSSR count). The van der Waals surface area contributed by atoms with Crippen LogP contribution in [0, 0.1) is 5.41 Å². The number of nitrogens with one attached hydrogen (secondary N) is 2. The van der Waals surface area contributed by atoms with Gasteiger partial charge >= 0.3 is 0 Å². The zero-order chi connectivity index (χ0) is 19.8. The van der Waals surface area contributed by atoms with Crippen molar-refractivity contribution < 1.29 is 4.79 Å². The van der Waals surface area contributed by atoms with Crippen molar-refractivity contribution in [1.29, 1.82) is 5.41 Å². The molecule has 0 aliphatic heterocycles. The van der Waals surface area contributed by atoms with E-state index in [-0.39, 0.29) is 11.4 Å². The predicted octanol–water partition coefficient (Wildman–Crippen LogP) is 1.10. The molecule has 3 aromatic heterocycles. The highest BCUT2D eigenvalue weighted by Gasteiger charge is 2.20. The first-order valence-corrected chi connectivity index (χ1v) is 8.27. The lowest BCUT2D eigenvalue weighted by Gasteiger charge is -2.22. The number of nitrogens with zero attached hydrogens (tertiary/aromatic N) is 6. The first-order chi connectivity index (χ1) is 12.7. The van der Waals surface area contributed by atoms with Crippen molar-refractivity contribution in [1.82, 2.24) is 29.7 Å². The third-order valence-electron chi connectivity index (χ3n) is 3.87. The van der Waals surface area contributed by atoms with Gasteiger partial charge in [0.2, 0.25) is 5.82 Å². The third-order valence-corrected chi connectivity index (χ3v) is 3.87. The minimum Gasteiger partial charge on any atom is -0.382 e. The molecule has 10 heteroatoms. The Morgan fingerprint density at radius 3 is 2.59 bits per heavy atom. The monoisotopic (exact) mass is 367 g/mol. The van der Waals surface area contributed by atoms with Gasteiger partial charge < -0.3 is 11.1 Å². The average Bonchev–Trinajstić information content (AvgIpc) is 3.22. The Kier molecular flexibility index (Phi) is 4.48. The second-order valence-corrected chi connectivity index (χ2v) is 6.88. The molecule has 0 saturated carbocycles. The first kappa shape index (κ1) is 18.2. The molecule has 140 valence electrons. The Morgan fingerprint density at radius 2 is 2.00 bits per heavy atom. The number of amidine groups is 1. The Morgan fingerprint density at radius 1 is 1.26 bits per heavy atom. The van der Waals surface area contributed by atoms with Gasteiger partial charge in [-0.2, -0.15) is 0 Å². The Hall–Kier alpha value is -3.56. The van der Waals surface area contributed by atoms with Gasteiger partial charge in [0.05, 0.1) is 17.4 Å². The van der Waals surface area contributed by atoms with Crippen molar-refractivity contribution in [3.63, 3.8) is 0 Å². The quantitative estimate of drug-likeness (QED) is 0.468. The molecule has 3 aromatic rings. The van der Waals surface area contributed by atoms with Gasteiger partial charge in [-0.1, -0.05) is 0 Å². The van der Waals surface area contributed by atoms with E-state index in [0.717, 1.165) is 5.65 Å². The van der Waals surface area contributed by atoms with Crippen LogP contribution in [-0.2, 0) is 10.3 Å². The molecule has 0 fully saturated rings. The van der Waals surface area contributed by atoms with E-state index in [1.54, 1.807) is 12.1 Å². The average molecular weight is 367 g/mol. The van der Waals surface area contributed by atoms with Gasteiger partial charge in [0.25, 0.3) is 5.91 Å². The van der Waals surface area contributed by atoms with Crippen molar-refractivity contribution in [3.05, 3.63) is 30.6 Å². The maximum atomic E-state index is 11.4. The zero-order valence-electron chi connectivity index (χ0n) is 15.6. The van der Waals surface area contributed by atoms with E-state index >= 15 is 0 Å². The minimum atomic E-state index is -0.602. The number of fused-ring (bicyclic) bond motifs is 1. The molecule has 0 aliphatic carbocycles. The number of pyridine rings is 1. The summed E-state index contributed by atoms with van der Waals surface area (Å²) in [5.74, 6) is -0.184. The number of carbonyl (C=O) groups is 1. The molecule has 10 nitrogen and oxygen atoms in total. The first-order valence-electron chi connectivity index (χ1n) is 8.27. The fourth-order valence-electron chi connectivity index (χ4n) is 2.52. The van der Waals surface area contributed by atoms with E-state index in [2.05, 4.69) is 46.3 Å². The van der Waals surface area contributed by atoms with Crippen LogP contribution < -0.4 is 11.1 Å². The van der Waals surface area contributed by atoms with Crippen molar-refractivity contribution in [2.24, 2.45) is 10.7 Å². The number of amides is 1. The van der Waals surface area contributed by atoms with E-state index in [0.29, 0.717) is 17.2 Å². The molecule has 0 aromatic carbocycles. The summed E-state index contributed by atoms with van der Waals surface area (Å²) in [5, 5.41) is 18.4. The standard InChI is InChI=1S/C17H21N9O/c1-17(2,3)25-8-7-12-23-24-15(26(12)25)11-6-5-10(9-21-11)22-14(19)13(18)16(27)20-4/h5-9,18H,1-4H3,(H2,19,22)(H,20,27). The fourth-order valence-corrected chi connectivity index (χ4v) is 2.52. The highest BCUT2D eigenvalue weighted by atomic mass is 16.1. The van der Waals surface area contributed by atoms with E-state index in [4.69, 9.17) is 11.1 Å². The van der Waals surface area contributed by atoms with Crippen LogP contribution in [0.1, 0.15) is 20.8 Å². The number of hydrogen-bond donors (Lipinski definition) is 3. The molecule has 1 amide bonds. The Balaban J connectivity index is 1.95. The second-order valence-electron chi connectivity index (χ2n) is 6.88.